The average molecular weight is 274 g/mol. The number of nitrogens with zero attached hydrogens (tertiary/aromatic N) is 1. The molecule has 0 spiro atoms. The Morgan fingerprint density at radius 2 is 1.79 bits per heavy atom. The molecule has 0 N–H and O–H groups in total. The first kappa shape index (κ1) is 11.7. The highest BCUT2D eigenvalue weighted by molar-refractivity contribution is 6.30. The van der Waals surface area contributed by atoms with E-state index < -0.39 is 5.63 Å². The Labute approximate surface area is 113 Å². The minimum atomic E-state index is -0.477. The van der Waals surface area contributed by atoms with Gasteiger partial charge in [0.2, 0.25) is 0 Å². The van der Waals surface area contributed by atoms with Crippen LogP contribution in [-0.4, -0.2) is 4.98 Å². The van der Waals surface area contributed by atoms with Crippen molar-refractivity contribution in [3.8, 4) is 11.8 Å². The first-order valence-corrected chi connectivity index (χ1v) is 5.93. The first-order chi connectivity index (χ1) is 9.22. The zero-order chi connectivity index (χ0) is 13.2. The van der Waals surface area contributed by atoms with Crippen molar-refractivity contribution in [2.24, 2.45) is 0 Å². The summed E-state index contributed by atoms with van der Waals surface area (Å²) in [5, 5.41) is 1.02. The summed E-state index contributed by atoms with van der Waals surface area (Å²) in [6.45, 7) is 0. The van der Waals surface area contributed by atoms with Gasteiger partial charge in [-0.1, -0.05) is 23.7 Å². The summed E-state index contributed by atoms with van der Waals surface area (Å²) in [4.78, 5) is 15.9. The molecule has 1 heterocycles. The van der Waals surface area contributed by atoms with Crippen molar-refractivity contribution in [2.75, 3.05) is 0 Å². The average Bonchev–Trinajstić information content (AvgIpc) is 2.42. The van der Waals surface area contributed by atoms with Crippen molar-refractivity contribution in [3.63, 3.8) is 0 Å². The summed E-state index contributed by atoms with van der Waals surface area (Å²) in [6.07, 6.45) is -0.0916. The molecule has 94 valence electrons. The molecule has 19 heavy (non-hydrogen) atoms. The molecule has 0 radical (unpaired) electrons. The second-order valence-electron chi connectivity index (χ2n) is 3.84. The highest BCUT2D eigenvalue weighted by Crippen LogP contribution is 2.21. The van der Waals surface area contributed by atoms with E-state index in [2.05, 4.69) is 4.98 Å². The van der Waals surface area contributed by atoms with Crippen LogP contribution in [0.15, 0.2) is 57.7 Å². The molecule has 0 aliphatic heterocycles. The third kappa shape index (κ3) is 2.44. The molecule has 0 fully saturated rings. The number of hydrogen-bond donors (Lipinski definition) is 0. The van der Waals surface area contributed by atoms with Crippen LogP contribution in [0.2, 0.25) is 5.02 Å². The van der Waals surface area contributed by atoms with E-state index in [4.69, 9.17) is 20.8 Å². The molecule has 0 atom stereocenters. The summed E-state index contributed by atoms with van der Waals surface area (Å²) in [5.74, 6) is 0.496. The molecule has 0 saturated carbocycles. The maximum absolute atomic E-state index is 11.7. The highest BCUT2D eigenvalue weighted by atomic mass is 35.5. The Balaban J connectivity index is 2.01. The quantitative estimate of drug-likeness (QED) is 0.715. The molecule has 1 aromatic heterocycles. The van der Waals surface area contributed by atoms with Gasteiger partial charge in [0.05, 0.1) is 10.9 Å². The molecule has 0 aliphatic rings. The molecular weight excluding hydrogens is 266 g/mol. The van der Waals surface area contributed by atoms with E-state index in [9.17, 15) is 4.79 Å². The number of hydrogen-bond acceptors (Lipinski definition) is 4. The fourth-order valence-electron chi connectivity index (χ4n) is 1.65. The molecule has 3 aromatic rings. The Bertz CT molecular complexity index is 781. The molecule has 3 rings (SSSR count). The van der Waals surface area contributed by atoms with Crippen LogP contribution in [-0.2, 0) is 0 Å². The number of aromatic nitrogens is 1. The number of halogens is 1. The third-order valence-corrected chi connectivity index (χ3v) is 2.79. The van der Waals surface area contributed by atoms with E-state index in [1.54, 1.807) is 48.5 Å². The summed E-state index contributed by atoms with van der Waals surface area (Å²) < 4.78 is 10.4. The van der Waals surface area contributed by atoms with Crippen molar-refractivity contribution in [2.45, 2.75) is 0 Å². The number of para-hydroxylation sites is 1. The SMILES string of the molecule is O=c1oc(Oc2ccc(Cl)cc2)nc2ccccc12. The lowest BCUT2D eigenvalue weighted by Gasteiger charge is -2.03. The smallest absolute Gasteiger partial charge is 0.402 e. The Hall–Kier alpha value is -2.33. The number of benzene rings is 2. The second-order valence-corrected chi connectivity index (χ2v) is 4.28. The lowest BCUT2D eigenvalue weighted by atomic mass is 10.2. The van der Waals surface area contributed by atoms with E-state index >= 15 is 0 Å². The van der Waals surface area contributed by atoms with E-state index in [1.165, 1.54) is 0 Å². The standard InChI is InChI=1S/C14H8ClNO3/c15-9-5-7-10(8-6-9)18-14-16-12-4-2-1-3-11(12)13(17)19-14/h1-8H. The highest BCUT2D eigenvalue weighted by Gasteiger charge is 2.07. The third-order valence-electron chi connectivity index (χ3n) is 2.53. The molecular formula is C14H8ClNO3. The summed E-state index contributed by atoms with van der Waals surface area (Å²) in [5.41, 5.74) is 0.0530. The van der Waals surface area contributed by atoms with E-state index in [1.807, 2.05) is 0 Å². The predicted octanol–water partition coefficient (Wildman–Crippen LogP) is 3.63. The Kier molecular flexibility index (Phi) is 2.93. The van der Waals surface area contributed by atoms with Gasteiger partial charge in [0, 0.05) is 5.02 Å². The van der Waals surface area contributed by atoms with Gasteiger partial charge in [0.15, 0.2) is 0 Å². The predicted molar refractivity (Wildman–Crippen MR) is 71.8 cm³/mol. The van der Waals surface area contributed by atoms with Crippen molar-refractivity contribution < 1.29 is 9.15 Å². The van der Waals surface area contributed by atoms with Gasteiger partial charge in [0.25, 0.3) is 0 Å². The molecule has 0 aliphatic carbocycles. The Morgan fingerprint density at radius 1 is 1.05 bits per heavy atom. The van der Waals surface area contributed by atoms with Crippen LogP contribution in [0.25, 0.3) is 10.9 Å². The van der Waals surface area contributed by atoms with Gasteiger partial charge in [0.1, 0.15) is 5.75 Å². The second kappa shape index (κ2) is 4.74. The fraction of sp³-hybridized carbons (Fsp3) is 0. The zero-order valence-corrected chi connectivity index (χ0v) is 10.4. The van der Waals surface area contributed by atoms with Crippen LogP contribution < -0.4 is 10.4 Å². The molecule has 0 unspecified atom stereocenters. The van der Waals surface area contributed by atoms with Crippen molar-refractivity contribution in [1.29, 1.82) is 0 Å². The van der Waals surface area contributed by atoms with Crippen LogP contribution in [0, 0.1) is 0 Å². The minimum Gasteiger partial charge on any atom is -0.411 e. The van der Waals surface area contributed by atoms with Crippen molar-refractivity contribution >= 4 is 22.5 Å². The summed E-state index contributed by atoms with van der Waals surface area (Å²) in [7, 11) is 0. The van der Waals surface area contributed by atoms with Gasteiger partial charge in [-0.2, -0.15) is 4.98 Å². The number of ether oxygens (including phenoxy) is 1. The molecule has 2 aromatic carbocycles. The van der Waals surface area contributed by atoms with Gasteiger partial charge in [-0.15, -0.1) is 0 Å². The summed E-state index contributed by atoms with van der Waals surface area (Å²) in [6, 6.07) is 13.6. The monoisotopic (exact) mass is 273 g/mol. The van der Waals surface area contributed by atoms with E-state index in [-0.39, 0.29) is 6.08 Å². The van der Waals surface area contributed by atoms with Crippen LogP contribution in [0.5, 0.6) is 11.8 Å². The van der Waals surface area contributed by atoms with Gasteiger partial charge < -0.3 is 9.15 Å². The van der Waals surface area contributed by atoms with Gasteiger partial charge in [-0.25, -0.2) is 4.79 Å². The molecule has 0 saturated heterocycles. The number of fused-ring (bicyclic) bond motifs is 1. The van der Waals surface area contributed by atoms with E-state index in [0.717, 1.165) is 0 Å². The molecule has 0 bridgehead atoms. The lowest BCUT2D eigenvalue weighted by Crippen LogP contribution is -2.02. The maximum atomic E-state index is 11.7. The summed E-state index contributed by atoms with van der Waals surface area (Å²) >= 11 is 5.77. The minimum absolute atomic E-state index is 0.0916. The first-order valence-electron chi connectivity index (χ1n) is 5.56. The lowest BCUT2D eigenvalue weighted by molar-refractivity contribution is 0.307. The van der Waals surface area contributed by atoms with Gasteiger partial charge >= 0.3 is 11.7 Å². The normalized spacial score (nSPS) is 10.6. The molecule has 5 heteroatoms. The van der Waals surface area contributed by atoms with Gasteiger partial charge in [-0.05, 0) is 36.4 Å². The van der Waals surface area contributed by atoms with Crippen LogP contribution >= 0.6 is 11.6 Å². The van der Waals surface area contributed by atoms with Crippen LogP contribution in [0.3, 0.4) is 0 Å². The number of rotatable bonds is 2. The van der Waals surface area contributed by atoms with Gasteiger partial charge in [-0.3, -0.25) is 0 Å². The zero-order valence-electron chi connectivity index (χ0n) is 9.67. The van der Waals surface area contributed by atoms with Crippen LogP contribution in [0.4, 0.5) is 0 Å². The van der Waals surface area contributed by atoms with Crippen molar-refractivity contribution in [3.05, 3.63) is 64.0 Å². The van der Waals surface area contributed by atoms with E-state index in [0.29, 0.717) is 21.7 Å². The molecule has 4 nitrogen and oxygen atoms in total. The van der Waals surface area contributed by atoms with Crippen molar-refractivity contribution in [1.82, 2.24) is 4.98 Å². The maximum Gasteiger partial charge on any atom is 0.402 e. The van der Waals surface area contributed by atoms with Crippen LogP contribution in [0.1, 0.15) is 0 Å². The molecule has 0 amide bonds. The topological polar surface area (TPSA) is 52.3 Å². The fourth-order valence-corrected chi connectivity index (χ4v) is 1.77. The largest absolute Gasteiger partial charge is 0.411 e. The Morgan fingerprint density at radius 3 is 2.58 bits per heavy atom.